The van der Waals surface area contributed by atoms with Crippen molar-refractivity contribution in [2.45, 2.75) is 44.8 Å². The summed E-state index contributed by atoms with van der Waals surface area (Å²) >= 11 is 0. The van der Waals surface area contributed by atoms with Gasteiger partial charge in [-0.25, -0.2) is 0 Å². The van der Waals surface area contributed by atoms with Gasteiger partial charge in [0.1, 0.15) is 0 Å². The molecular formula is C12H24N2O. The highest BCUT2D eigenvalue weighted by molar-refractivity contribution is 4.83. The van der Waals surface area contributed by atoms with Crippen LogP contribution in [-0.2, 0) is 0 Å². The third kappa shape index (κ3) is 2.92. The number of hydrogen-bond donors (Lipinski definition) is 2. The molecular weight excluding hydrogens is 188 g/mol. The van der Waals surface area contributed by atoms with E-state index in [1.54, 1.807) is 0 Å². The molecule has 0 aromatic heterocycles. The Hall–Kier alpha value is -0.120. The van der Waals surface area contributed by atoms with E-state index >= 15 is 0 Å². The molecule has 3 atom stereocenters. The first-order chi connectivity index (χ1) is 7.27. The summed E-state index contributed by atoms with van der Waals surface area (Å²) in [6, 6.07) is 0.710. The number of aliphatic hydroxyl groups is 1. The number of aliphatic hydroxyl groups excluding tert-OH is 1. The number of nitrogens with one attached hydrogen (secondary N) is 1. The fourth-order valence-corrected chi connectivity index (χ4v) is 2.77. The van der Waals surface area contributed by atoms with E-state index in [4.69, 9.17) is 0 Å². The van der Waals surface area contributed by atoms with Gasteiger partial charge in [-0.15, -0.1) is 0 Å². The van der Waals surface area contributed by atoms with Gasteiger partial charge in [-0.1, -0.05) is 6.92 Å². The lowest BCUT2D eigenvalue weighted by Crippen LogP contribution is -2.48. The van der Waals surface area contributed by atoms with E-state index in [1.165, 1.54) is 32.4 Å². The Labute approximate surface area is 92.8 Å². The molecule has 88 valence electrons. The van der Waals surface area contributed by atoms with E-state index in [9.17, 15) is 5.11 Å². The van der Waals surface area contributed by atoms with Crippen LogP contribution >= 0.6 is 0 Å². The second kappa shape index (κ2) is 5.28. The van der Waals surface area contributed by atoms with Crippen LogP contribution in [0.2, 0.25) is 0 Å². The Kier molecular flexibility index (Phi) is 4.00. The van der Waals surface area contributed by atoms with E-state index in [2.05, 4.69) is 17.1 Å². The highest BCUT2D eigenvalue weighted by Gasteiger charge is 2.28. The molecule has 2 fully saturated rings. The summed E-state index contributed by atoms with van der Waals surface area (Å²) in [5.41, 5.74) is 0. The normalized spacial score (nSPS) is 40.0. The molecule has 0 spiro atoms. The predicted molar refractivity (Wildman–Crippen MR) is 61.9 cm³/mol. The molecule has 3 unspecified atom stereocenters. The van der Waals surface area contributed by atoms with Crippen LogP contribution in [0.3, 0.4) is 0 Å². The molecule has 2 rings (SSSR count). The summed E-state index contributed by atoms with van der Waals surface area (Å²) in [6.45, 7) is 6.56. The number of nitrogens with zero attached hydrogens (tertiary/aromatic N) is 1. The molecule has 2 aliphatic rings. The molecule has 0 amide bonds. The van der Waals surface area contributed by atoms with Crippen molar-refractivity contribution in [1.82, 2.24) is 10.2 Å². The van der Waals surface area contributed by atoms with Crippen molar-refractivity contribution in [3.8, 4) is 0 Å². The van der Waals surface area contributed by atoms with Crippen LogP contribution < -0.4 is 5.32 Å². The lowest BCUT2D eigenvalue weighted by Gasteiger charge is -2.39. The van der Waals surface area contributed by atoms with Gasteiger partial charge in [0.05, 0.1) is 6.10 Å². The van der Waals surface area contributed by atoms with Crippen LogP contribution in [0.4, 0.5) is 0 Å². The summed E-state index contributed by atoms with van der Waals surface area (Å²) in [5, 5.41) is 13.3. The monoisotopic (exact) mass is 212 g/mol. The SMILES string of the molecule is CC1CCN(C2CCCNCC2)CC1O. The second-order valence-corrected chi connectivity index (χ2v) is 5.16. The largest absolute Gasteiger partial charge is 0.392 e. The molecule has 3 heteroatoms. The number of β-amino-alcohol motifs (C(OH)–C–C–N with tert-alkyl or cyclic N) is 1. The van der Waals surface area contributed by atoms with Crippen LogP contribution in [0, 0.1) is 5.92 Å². The minimum atomic E-state index is -0.102. The van der Waals surface area contributed by atoms with Gasteiger partial charge in [-0.3, -0.25) is 4.90 Å². The molecule has 2 saturated heterocycles. The minimum Gasteiger partial charge on any atom is -0.392 e. The molecule has 0 aliphatic carbocycles. The van der Waals surface area contributed by atoms with Crippen LogP contribution in [0.5, 0.6) is 0 Å². The molecule has 15 heavy (non-hydrogen) atoms. The average molecular weight is 212 g/mol. The zero-order valence-electron chi connectivity index (χ0n) is 9.78. The van der Waals surface area contributed by atoms with Crippen molar-refractivity contribution in [1.29, 1.82) is 0 Å². The summed E-state index contributed by atoms with van der Waals surface area (Å²) in [6.07, 6.45) is 4.89. The van der Waals surface area contributed by atoms with Crippen LogP contribution in [0.15, 0.2) is 0 Å². The molecule has 0 aromatic carbocycles. The lowest BCUT2D eigenvalue weighted by molar-refractivity contribution is 0.00765. The minimum absolute atomic E-state index is 0.102. The van der Waals surface area contributed by atoms with Crippen molar-refractivity contribution >= 4 is 0 Å². The first-order valence-corrected chi connectivity index (χ1v) is 6.40. The third-order valence-electron chi connectivity index (χ3n) is 4.01. The maximum absolute atomic E-state index is 9.89. The Morgan fingerprint density at radius 1 is 1.20 bits per heavy atom. The van der Waals surface area contributed by atoms with Crippen molar-refractivity contribution in [3.63, 3.8) is 0 Å². The maximum Gasteiger partial charge on any atom is 0.0693 e. The van der Waals surface area contributed by atoms with E-state index in [0.29, 0.717) is 12.0 Å². The Balaban J connectivity index is 1.86. The van der Waals surface area contributed by atoms with E-state index in [-0.39, 0.29) is 6.10 Å². The van der Waals surface area contributed by atoms with Crippen LogP contribution in [0.25, 0.3) is 0 Å². The van der Waals surface area contributed by atoms with Crippen molar-refractivity contribution in [2.24, 2.45) is 5.92 Å². The number of rotatable bonds is 1. The van der Waals surface area contributed by atoms with Crippen molar-refractivity contribution in [2.75, 3.05) is 26.2 Å². The highest BCUT2D eigenvalue weighted by Crippen LogP contribution is 2.22. The zero-order chi connectivity index (χ0) is 10.7. The summed E-state index contributed by atoms with van der Waals surface area (Å²) in [7, 11) is 0. The fourth-order valence-electron chi connectivity index (χ4n) is 2.77. The quantitative estimate of drug-likeness (QED) is 0.676. The summed E-state index contributed by atoms with van der Waals surface area (Å²) < 4.78 is 0. The van der Waals surface area contributed by atoms with Gasteiger partial charge in [0.25, 0.3) is 0 Å². The van der Waals surface area contributed by atoms with Crippen LogP contribution in [-0.4, -0.2) is 48.3 Å². The molecule has 0 bridgehead atoms. The van der Waals surface area contributed by atoms with Gasteiger partial charge < -0.3 is 10.4 Å². The fraction of sp³-hybridized carbons (Fsp3) is 1.00. The summed E-state index contributed by atoms with van der Waals surface area (Å²) in [4.78, 5) is 2.51. The van der Waals surface area contributed by atoms with Gasteiger partial charge in [0.15, 0.2) is 0 Å². The van der Waals surface area contributed by atoms with Gasteiger partial charge in [0.2, 0.25) is 0 Å². The molecule has 2 heterocycles. The number of piperidine rings is 1. The molecule has 3 nitrogen and oxygen atoms in total. The van der Waals surface area contributed by atoms with Crippen molar-refractivity contribution in [3.05, 3.63) is 0 Å². The zero-order valence-corrected chi connectivity index (χ0v) is 9.78. The smallest absolute Gasteiger partial charge is 0.0693 e. The van der Waals surface area contributed by atoms with E-state index < -0.39 is 0 Å². The Bertz CT molecular complexity index is 190. The predicted octanol–water partition coefficient (Wildman–Crippen LogP) is 0.831. The molecule has 0 aromatic rings. The van der Waals surface area contributed by atoms with Gasteiger partial charge in [-0.05, 0) is 51.2 Å². The van der Waals surface area contributed by atoms with E-state index in [1.807, 2.05) is 0 Å². The molecule has 0 saturated carbocycles. The topological polar surface area (TPSA) is 35.5 Å². The summed E-state index contributed by atoms with van der Waals surface area (Å²) in [5.74, 6) is 0.491. The van der Waals surface area contributed by atoms with Gasteiger partial charge in [0, 0.05) is 12.6 Å². The lowest BCUT2D eigenvalue weighted by atomic mass is 9.93. The van der Waals surface area contributed by atoms with E-state index in [0.717, 1.165) is 19.5 Å². The van der Waals surface area contributed by atoms with Gasteiger partial charge in [-0.2, -0.15) is 0 Å². The number of hydrogen-bond acceptors (Lipinski definition) is 3. The first-order valence-electron chi connectivity index (χ1n) is 6.40. The third-order valence-corrected chi connectivity index (χ3v) is 4.01. The molecule has 0 radical (unpaired) electrons. The molecule has 2 aliphatic heterocycles. The van der Waals surface area contributed by atoms with Gasteiger partial charge >= 0.3 is 0 Å². The molecule has 2 N–H and O–H groups in total. The number of likely N-dealkylation sites (tertiary alicyclic amines) is 1. The van der Waals surface area contributed by atoms with Crippen molar-refractivity contribution < 1.29 is 5.11 Å². The first kappa shape index (κ1) is 11.4. The second-order valence-electron chi connectivity index (χ2n) is 5.16. The maximum atomic E-state index is 9.89. The Morgan fingerprint density at radius 2 is 2.07 bits per heavy atom. The Morgan fingerprint density at radius 3 is 2.87 bits per heavy atom. The average Bonchev–Trinajstić information content (AvgIpc) is 2.50. The van der Waals surface area contributed by atoms with Crippen LogP contribution in [0.1, 0.15) is 32.6 Å². The highest BCUT2D eigenvalue weighted by atomic mass is 16.3. The standard InChI is InChI=1S/C12H24N2O/c1-10-5-8-14(9-12(10)15)11-3-2-6-13-7-4-11/h10-13,15H,2-9H2,1H3.